The molecule has 1 aromatic rings. The predicted molar refractivity (Wildman–Crippen MR) is 80.7 cm³/mol. The van der Waals surface area contributed by atoms with E-state index in [1.165, 1.54) is 19.2 Å². The third kappa shape index (κ3) is 3.30. The van der Waals surface area contributed by atoms with Crippen molar-refractivity contribution in [3.05, 3.63) is 18.2 Å². The van der Waals surface area contributed by atoms with Gasteiger partial charge in [-0.1, -0.05) is 13.3 Å². The Morgan fingerprint density at radius 1 is 1.45 bits per heavy atom. The van der Waals surface area contributed by atoms with Gasteiger partial charge in [0, 0.05) is 6.07 Å². The van der Waals surface area contributed by atoms with Crippen molar-refractivity contribution in [3.8, 4) is 5.75 Å². The van der Waals surface area contributed by atoms with E-state index in [1.807, 2.05) is 6.92 Å². The van der Waals surface area contributed by atoms with Crippen LogP contribution in [-0.2, 0) is 14.8 Å². The molecule has 0 radical (unpaired) electrons. The summed E-state index contributed by atoms with van der Waals surface area (Å²) in [4.78, 5) is 15.1. The number of ether oxygens (including phenoxy) is 1. The van der Waals surface area contributed by atoms with Crippen molar-refractivity contribution >= 4 is 27.6 Å². The average Bonchev–Trinajstić information content (AvgIpc) is 2.45. The summed E-state index contributed by atoms with van der Waals surface area (Å²) in [6, 6.07) is 3.51. The Bertz CT molecular complexity index is 714. The number of fused-ring (bicyclic) bond motifs is 1. The molecule has 120 valence electrons. The molecule has 0 amide bonds. The number of benzene rings is 1. The van der Waals surface area contributed by atoms with Gasteiger partial charge in [-0.3, -0.25) is 0 Å². The maximum Gasteiger partial charge on any atom is 0.328 e. The fourth-order valence-corrected chi connectivity index (χ4v) is 3.17. The minimum absolute atomic E-state index is 0.0215. The first-order valence-corrected chi connectivity index (χ1v) is 8.14. The molecular formula is C13H17N3O5S. The lowest BCUT2D eigenvalue weighted by atomic mass is 10.2. The lowest BCUT2D eigenvalue weighted by molar-refractivity contribution is -0.138. The van der Waals surface area contributed by atoms with Crippen LogP contribution in [0.25, 0.3) is 0 Å². The second-order valence-electron chi connectivity index (χ2n) is 4.71. The van der Waals surface area contributed by atoms with Gasteiger partial charge in [0.2, 0.25) is 5.96 Å². The van der Waals surface area contributed by atoms with Crippen LogP contribution in [0.3, 0.4) is 0 Å². The van der Waals surface area contributed by atoms with Crippen LogP contribution in [0.4, 0.5) is 5.69 Å². The Morgan fingerprint density at radius 2 is 2.18 bits per heavy atom. The van der Waals surface area contributed by atoms with E-state index in [0.29, 0.717) is 24.3 Å². The first-order chi connectivity index (χ1) is 10.4. The summed E-state index contributed by atoms with van der Waals surface area (Å²) in [7, 11) is -2.39. The molecule has 0 fully saturated rings. The van der Waals surface area contributed by atoms with Gasteiger partial charge in [0.05, 0.1) is 12.8 Å². The van der Waals surface area contributed by atoms with E-state index in [2.05, 4.69) is 15.0 Å². The van der Waals surface area contributed by atoms with Crippen molar-refractivity contribution < 1.29 is 23.1 Å². The van der Waals surface area contributed by atoms with Crippen LogP contribution in [0.15, 0.2) is 28.1 Å². The van der Waals surface area contributed by atoms with Crippen molar-refractivity contribution in [2.24, 2.45) is 4.99 Å². The normalized spacial score (nSPS) is 18.7. The highest BCUT2D eigenvalue weighted by atomic mass is 32.2. The molecule has 1 atom stereocenters. The Labute approximate surface area is 128 Å². The van der Waals surface area contributed by atoms with E-state index >= 15 is 0 Å². The predicted octanol–water partition coefficient (Wildman–Crippen LogP) is 1.01. The van der Waals surface area contributed by atoms with Gasteiger partial charge in [-0.25, -0.2) is 22.9 Å². The van der Waals surface area contributed by atoms with Crippen LogP contribution in [0.1, 0.15) is 19.8 Å². The number of nitrogens with one attached hydrogen (secondary N) is 2. The number of rotatable bonds is 5. The van der Waals surface area contributed by atoms with Crippen molar-refractivity contribution in [2.75, 3.05) is 12.4 Å². The highest BCUT2D eigenvalue weighted by molar-refractivity contribution is 7.90. The summed E-state index contributed by atoms with van der Waals surface area (Å²) < 4.78 is 31.7. The van der Waals surface area contributed by atoms with Crippen LogP contribution in [0, 0.1) is 0 Å². The lowest BCUT2D eigenvalue weighted by Gasteiger charge is -2.22. The van der Waals surface area contributed by atoms with Crippen LogP contribution in [0.2, 0.25) is 0 Å². The molecule has 9 heteroatoms. The summed E-state index contributed by atoms with van der Waals surface area (Å²) in [6.07, 6.45) is 0.937. The van der Waals surface area contributed by atoms with E-state index in [1.54, 1.807) is 6.07 Å². The number of aliphatic imine (C=N–C) groups is 1. The Kier molecular flexibility index (Phi) is 4.55. The zero-order valence-corrected chi connectivity index (χ0v) is 13.0. The van der Waals surface area contributed by atoms with Crippen LogP contribution in [-0.4, -0.2) is 38.6 Å². The maximum atomic E-state index is 12.2. The zero-order chi connectivity index (χ0) is 16.3. The van der Waals surface area contributed by atoms with Crippen molar-refractivity contribution in [2.45, 2.75) is 30.7 Å². The monoisotopic (exact) mass is 327 g/mol. The number of guanidine groups is 1. The van der Waals surface area contributed by atoms with Crippen molar-refractivity contribution in [3.63, 3.8) is 0 Å². The minimum atomic E-state index is -3.83. The molecule has 0 saturated heterocycles. The van der Waals surface area contributed by atoms with Gasteiger partial charge in [-0.15, -0.1) is 0 Å². The van der Waals surface area contributed by atoms with Crippen molar-refractivity contribution in [1.29, 1.82) is 0 Å². The molecule has 0 aliphatic carbocycles. The number of hydrogen-bond donors (Lipinski definition) is 3. The number of carbonyl (C=O) groups is 1. The molecule has 1 unspecified atom stereocenters. The number of carboxylic acids is 1. The number of anilines is 1. The molecule has 0 bridgehead atoms. The summed E-state index contributed by atoms with van der Waals surface area (Å²) in [6.45, 7) is 1.83. The van der Waals surface area contributed by atoms with Gasteiger partial charge in [-0.2, -0.15) is 0 Å². The molecule has 1 heterocycles. The summed E-state index contributed by atoms with van der Waals surface area (Å²) >= 11 is 0. The quantitative estimate of drug-likeness (QED) is 0.743. The highest BCUT2D eigenvalue weighted by Gasteiger charge is 2.28. The van der Waals surface area contributed by atoms with E-state index < -0.39 is 22.0 Å². The molecule has 1 aliphatic rings. The van der Waals surface area contributed by atoms with Gasteiger partial charge < -0.3 is 15.2 Å². The smallest absolute Gasteiger partial charge is 0.328 e. The Balaban J connectivity index is 2.39. The zero-order valence-electron chi connectivity index (χ0n) is 12.2. The summed E-state index contributed by atoms with van der Waals surface area (Å²) in [5.74, 6) is -0.796. The third-order valence-corrected chi connectivity index (χ3v) is 4.47. The molecule has 0 saturated carbocycles. The molecule has 8 nitrogen and oxygen atoms in total. The van der Waals surface area contributed by atoms with E-state index in [-0.39, 0.29) is 10.9 Å². The Hall–Kier alpha value is -2.29. The van der Waals surface area contributed by atoms with Gasteiger partial charge in [0.1, 0.15) is 10.6 Å². The number of aliphatic carboxylic acids is 1. The molecular weight excluding hydrogens is 310 g/mol. The highest BCUT2D eigenvalue weighted by Crippen LogP contribution is 2.28. The van der Waals surface area contributed by atoms with Gasteiger partial charge in [0.15, 0.2) is 6.04 Å². The molecule has 1 aliphatic heterocycles. The molecule has 2 rings (SSSR count). The summed E-state index contributed by atoms with van der Waals surface area (Å²) in [5, 5.41) is 11.9. The van der Waals surface area contributed by atoms with E-state index in [0.717, 1.165) is 0 Å². The second-order valence-corrected chi connectivity index (χ2v) is 6.36. The van der Waals surface area contributed by atoms with E-state index in [9.17, 15) is 13.2 Å². The molecule has 1 aromatic carbocycles. The average molecular weight is 327 g/mol. The number of nitrogens with zero attached hydrogens (tertiary/aromatic N) is 1. The molecule has 0 aromatic heterocycles. The lowest BCUT2D eigenvalue weighted by Crippen LogP contribution is -2.42. The topological polar surface area (TPSA) is 117 Å². The number of carboxylic acid groups (broad SMARTS) is 1. The van der Waals surface area contributed by atoms with Gasteiger partial charge in [-0.05, 0) is 18.6 Å². The number of methoxy groups -OCH3 is 1. The Morgan fingerprint density at radius 3 is 2.77 bits per heavy atom. The fraction of sp³-hybridized carbons (Fsp3) is 0.385. The first kappa shape index (κ1) is 16.1. The maximum absolute atomic E-state index is 12.2. The first-order valence-electron chi connectivity index (χ1n) is 6.66. The van der Waals surface area contributed by atoms with Crippen molar-refractivity contribution in [1.82, 2.24) is 4.72 Å². The third-order valence-electron chi connectivity index (χ3n) is 3.09. The second kappa shape index (κ2) is 6.22. The van der Waals surface area contributed by atoms with Gasteiger partial charge >= 0.3 is 5.97 Å². The molecule has 0 spiro atoms. The van der Waals surface area contributed by atoms with Crippen LogP contribution < -0.4 is 14.8 Å². The molecule has 22 heavy (non-hydrogen) atoms. The number of hydrogen-bond acceptors (Lipinski definition) is 5. The molecule has 3 N–H and O–H groups in total. The minimum Gasteiger partial charge on any atom is -0.497 e. The van der Waals surface area contributed by atoms with Crippen LogP contribution in [0.5, 0.6) is 5.75 Å². The van der Waals surface area contributed by atoms with Crippen LogP contribution >= 0.6 is 0 Å². The largest absolute Gasteiger partial charge is 0.497 e. The summed E-state index contributed by atoms with van der Waals surface area (Å²) in [5.41, 5.74) is 0.318. The van der Waals surface area contributed by atoms with Gasteiger partial charge in [0.25, 0.3) is 10.0 Å². The number of sulfonamides is 1. The standard InChI is InChI=1S/C13H17N3O5S/c1-3-4-10(12(17)18)15-13-14-9-6-5-8(21-2)7-11(9)22(19,20)16-13/h5-7,10H,3-4H2,1-2H3,(H,17,18)(H2,14,15,16). The fourth-order valence-electron chi connectivity index (χ4n) is 2.02. The van der Waals surface area contributed by atoms with E-state index in [4.69, 9.17) is 9.84 Å². The SMILES string of the molecule is CCCC(N=C1Nc2ccc(OC)cc2S(=O)(=O)N1)C(=O)O.